The maximum absolute atomic E-state index is 5.54. The van der Waals surface area contributed by atoms with E-state index in [0.29, 0.717) is 0 Å². The van der Waals surface area contributed by atoms with Crippen molar-refractivity contribution in [2.45, 2.75) is 52.8 Å². The summed E-state index contributed by atoms with van der Waals surface area (Å²) in [6, 6.07) is 0.227. The standard InChI is InChI=1S/C13H25N3O/c1-9-10(2)15-16(11(9)3)8-12(14-6)13(4,5)17-7/h12,14H,8H2,1-7H3. The van der Waals surface area contributed by atoms with E-state index in [9.17, 15) is 0 Å². The maximum Gasteiger partial charge on any atom is 0.0793 e. The van der Waals surface area contributed by atoms with E-state index in [4.69, 9.17) is 4.74 Å². The van der Waals surface area contributed by atoms with Crippen molar-refractivity contribution in [3.8, 4) is 0 Å². The zero-order valence-electron chi connectivity index (χ0n) is 12.1. The molecule has 0 fully saturated rings. The second kappa shape index (κ2) is 5.19. The molecule has 1 rings (SSSR count). The van der Waals surface area contributed by atoms with Crippen molar-refractivity contribution in [1.82, 2.24) is 15.1 Å². The predicted octanol–water partition coefficient (Wildman–Crippen LogP) is 1.82. The molecular weight excluding hydrogens is 214 g/mol. The van der Waals surface area contributed by atoms with Crippen LogP contribution in [0, 0.1) is 20.8 Å². The first-order valence-corrected chi connectivity index (χ1v) is 6.06. The van der Waals surface area contributed by atoms with Gasteiger partial charge in [-0.2, -0.15) is 5.10 Å². The van der Waals surface area contributed by atoms with E-state index in [-0.39, 0.29) is 11.6 Å². The van der Waals surface area contributed by atoms with Gasteiger partial charge in [-0.05, 0) is 47.2 Å². The Hall–Kier alpha value is -0.870. The van der Waals surface area contributed by atoms with Crippen molar-refractivity contribution >= 4 is 0 Å². The fraction of sp³-hybridized carbons (Fsp3) is 0.769. The van der Waals surface area contributed by atoms with Gasteiger partial charge in [-0.3, -0.25) is 4.68 Å². The minimum absolute atomic E-state index is 0.213. The fourth-order valence-corrected chi connectivity index (χ4v) is 1.94. The lowest BCUT2D eigenvalue weighted by Gasteiger charge is -2.33. The van der Waals surface area contributed by atoms with E-state index in [2.05, 4.69) is 49.7 Å². The quantitative estimate of drug-likeness (QED) is 0.852. The zero-order valence-corrected chi connectivity index (χ0v) is 12.1. The average molecular weight is 239 g/mol. The smallest absolute Gasteiger partial charge is 0.0793 e. The molecule has 0 saturated heterocycles. The Morgan fingerprint density at radius 3 is 2.29 bits per heavy atom. The molecule has 1 unspecified atom stereocenters. The van der Waals surface area contributed by atoms with Gasteiger partial charge in [0.2, 0.25) is 0 Å². The molecule has 0 saturated carbocycles. The largest absolute Gasteiger partial charge is 0.377 e. The molecule has 98 valence electrons. The van der Waals surface area contributed by atoms with Gasteiger partial charge in [-0.25, -0.2) is 0 Å². The first-order valence-electron chi connectivity index (χ1n) is 6.06. The van der Waals surface area contributed by atoms with Crippen LogP contribution < -0.4 is 5.32 Å². The number of nitrogens with one attached hydrogen (secondary N) is 1. The molecule has 0 bridgehead atoms. The Labute approximate surface area is 104 Å². The third-order valence-corrected chi connectivity index (χ3v) is 3.81. The molecule has 4 heteroatoms. The fourth-order valence-electron chi connectivity index (χ4n) is 1.94. The van der Waals surface area contributed by atoms with Crippen molar-refractivity contribution < 1.29 is 4.74 Å². The second-order valence-electron chi connectivity index (χ2n) is 5.13. The zero-order chi connectivity index (χ0) is 13.2. The molecule has 1 aromatic heterocycles. The molecule has 0 aliphatic carbocycles. The van der Waals surface area contributed by atoms with Crippen molar-refractivity contribution in [2.24, 2.45) is 0 Å². The average Bonchev–Trinajstić information content (AvgIpc) is 2.53. The van der Waals surface area contributed by atoms with Crippen molar-refractivity contribution in [3.63, 3.8) is 0 Å². The lowest BCUT2D eigenvalue weighted by molar-refractivity contribution is -0.0138. The van der Waals surface area contributed by atoms with E-state index < -0.39 is 0 Å². The highest BCUT2D eigenvalue weighted by Crippen LogP contribution is 2.18. The van der Waals surface area contributed by atoms with E-state index >= 15 is 0 Å². The number of nitrogens with zero attached hydrogens (tertiary/aromatic N) is 2. The Bertz CT molecular complexity index is 382. The summed E-state index contributed by atoms with van der Waals surface area (Å²) in [6.07, 6.45) is 0. The van der Waals surface area contributed by atoms with Gasteiger partial charge in [0.25, 0.3) is 0 Å². The lowest BCUT2D eigenvalue weighted by atomic mass is 9.98. The number of rotatable bonds is 5. The summed E-state index contributed by atoms with van der Waals surface area (Å²) in [6.45, 7) is 11.3. The van der Waals surface area contributed by atoms with Crippen LogP contribution in [0.4, 0.5) is 0 Å². The molecule has 4 nitrogen and oxygen atoms in total. The number of hydrogen-bond donors (Lipinski definition) is 1. The third-order valence-electron chi connectivity index (χ3n) is 3.81. The van der Waals surface area contributed by atoms with Crippen LogP contribution in [0.2, 0.25) is 0 Å². The van der Waals surface area contributed by atoms with Crippen molar-refractivity contribution in [3.05, 3.63) is 17.0 Å². The molecular formula is C13H25N3O. The molecule has 1 heterocycles. The Kier molecular flexibility index (Phi) is 4.33. The molecule has 0 radical (unpaired) electrons. The number of hydrogen-bond acceptors (Lipinski definition) is 3. The Balaban J connectivity index is 2.92. The number of ether oxygens (including phenoxy) is 1. The summed E-state index contributed by atoms with van der Waals surface area (Å²) >= 11 is 0. The summed E-state index contributed by atoms with van der Waals surface area (Å²) in [4.78, 5) is 0. The van der Waals surface area contributed by atoms with Crippen molar-refractivity contribution in [2.75, 3.05) is 14.2 Å². The molecule has 1 N–H and O–H groups in total. The molecule has 0 amide bonds. The predicted molar refractivity (Wildman–Crippen MR) is 70.4 cm³/mol. The van der Waals surface area contributed by atoms with E-state index in [1.165, 1.54) is 11.3 Å². The molecule has 0 aromatic carbocycles. The molecule has 1 atom stereocenters. The van der Waals surface area contributed by atoms with Gasteiger partial charge >= 0.3 is 0 Å². The first-order chi connectivity index (χ1) is 7.83. The third kappa shape index (κ3) is 2.87. The van der Waals surface area contributed by atoms with Gasteiger partial charge in [0.05, 0.1) is 23.9 Å². The number of aromatic nitrogens is 2. The van der Waals surface area contributed by atoms with Gasteiger partial charge in [0.1, 0.15) is 0 Å². The van der Waals surface area contributed by atoms with Gasteiger partial charge < -0.3 is 10.1 Å². The van der Waals surface area contributed by atoms with Gasteiger partial charge in [-0.1, -0.05) is 0 Å². The highest BCUT2D eigenvalue weighted by molar-refractivity contribution is 5.22. The SMILES string of the molecule is CNC(Cn1nc(C)c(C)c1C)C(C)(C)OC. The van der Waals surface area contributed by atoms with Crippen LogP contribution in [0.1, 0.15) is 30.8 Å². The molecule has 0 spiro atoms. The van der Waals surface area contributed by atoms with Crippen LogP contribution in [0.3, 0.4) is 0 Å². The summed E-state index contributed by atoms with van der Waals surface area (Å²) in [7, 11) is 3.71. The van der Waals surface area contributed by atoms with Crippen LogP contribution >= 0.6 is 0 Å². The summed E-state index contributed by atoms with van der Waals surface area (Å²) in [5.74, 6) is 0. The highest BCUT2D eigenvalue weighted by Gasteiger charge is 2.29. The summed E-state index contributed by atoms with van der Waals surface area (Å²) < 4.78 is 7.60. The first kappa shape index (κ1) is 14.2. The van der Waals surface area contributed by atoms with E-state index in [1.807, 2.05) is 7.05 Å². The summed E-state index contributed by atoms with van der Waals surface area (Å²) in [5, 5.41) is 7.88. The monoisotopic (exact) mass is 239 g/mol. The molecule has 1 aromatic rings. The van der Waals surface area contributed by atoms with Gasteiger partial charge in [0, 0.05) is 12.8 Å². The number of methoxy groups -OCH3 is 1. The number of aryl methyl sites for hydroxylation is 1. The van der Waals surface area contributed by atoms with Gasteiger partial charge in [0.15, 0.2) is 0 Å². The van der Waals surface area contributed by atoms with Crippen molar-refractivity contribution in [1.29, 1.82) is 0 Å². The van der Waals surface area contributed by atoms with Crippen LogP contribution in [0.25, 0.3) is 0 Å². The highest BCUT2D eigenvalue weighted by atomic mass is 16.5. The summed E-state index contributed by atoms with van der Waals surface area (Å²) in [5.41, 5.74) is 3.40. The second-order valence-corrected chi connectivity index (χ2v) is 5.13. The molecule has 0 aliphatic heterocycles. The van der Waals surface area contributed by atoms with Gasteiger partial charge in [-0.15, -0.1) is 0 Å². The van der Waals surface area contributed by atoms with E-state index in [1.54, 1.807) is 7.11 Å². The van der Waals surface area contributed by atoms with Crippen LogP contribution in [-0.4, -0.2) is 35.6 Å². The molecule has 17 heavy (non-hydrogen) atoms. The molecule has 0 aliphatic rings. The van der Waals surface area contributed by atoms with Crippen LogP contribution in [-0.2, 0) is 11.3 Å². The minimum atomic E-state index is -0.213. The Morgan fingerprint density at radius 1 is 1.35 bits per heavy atom. The van der Waals surface area contributed by atoms with Crippen LogP contribution in [0.5, 0.6) is 0 Å². The Morgan fingerprint density at radius 2 is 1.94 bits per heavy atom. The topological polar surface area (TPSA) is 39.1 Å². The maximum atomic E-state index is 5.54. The van der Waals surface area contributed by atoms with Crippen LogP contribution in [0.15, 0.2) is 0 Å². The lowest BCUT2D eigenvalue weighted by Crippen LogP contribution is -2.49. The number of likely N-dealkylation sites (N-methyl/N-ethyl adjacent to an activating group) is 1. The minimum Gasteiger partial charge on any atom is -0.377 e. The van der Waals surface area contributed by atoms with E-state index in [0.717, 1.165) is 12.2 Å². The normalized spacial score (nSPS) is 14.1.